The Kier molecular flexibility index (Phi) is 8.24. The highest BCUT2D eigenvalue weighted by molar-refractivity contribution is 7.89. The molecule has 0 unspecified atom stereocenters. The third-order valence-corrected chi connectivity index (χ3v) is 5.26. The number of nitrogens with one attached hydrogen (secondary N) is 1. The van der Waals surface area contributed by atoms with E-state index in [1.54, 1.807) is 12.1 Å². The van der Waals surface area contributed by atoms with Gasteiger partial charge in [0.25, 0.3) is 0 Å². The Bertz CT molecular complexity index is 858. The number of aromatic nitrogens is 2. The number of halogens is 2. The monoisotopic (exact) mass is 434 g/mol. The van der Waals surface area contributed by atoms with Crippen LogP contribution in [0.3, 0.4) is 0 Å². The van der Waals surface area contributed by atoms with Crippen LogP contribution in [-0.2, 0) is 16.4 Å². The second kappa shape index (κ2) is 9.52. The molecule has 1 aliphatic rings. The molecule has 1 heterocycles. The van der Waals surface area contributed by atoms with Crippen LogP contribution in [0.1, 0.15) is 30.0 Å². The van der Waals surface area contributed by atoms with Crippen molar-refractivity contribution in [3.8, 4) is 0 Å². The molecule has 2 aromatic rings. The highest BCUT2D eigenvalue weighted by Gasteiger charge is 2.29. The van der Waals surface area contributed by atoms with Gasteiger partial charge in [-0.1, -0.05) is 12.1 Å². The Labute approximate surface area is 171 Å². The van der Waals surface area contributed by atoms with Gasteiger partial charge in [-0.05, 0) is 37.0 Å². The van der Waals surface area contributed by atoms with E-state index in [0.29, 0.717) is 24.7 Å². The number of sulfonamides is 1. The van der Waals surface area contributed by atoms with E-state index < -0.39 is 10.0 Å². The number of nitrogen functional groups attached to an aromatic ring is 1. The third kappa shape index (κ3) is 6.18. The van der Waals surface area contributed by atoms with E-state index in [1.807, 2.05) is 6.07 Å². The Hall–Kier alpha value is -1.65. The minimum absolute atomic E-state index is 0. The predicted molar refractivity (Wildman–Crippen MR) is 111 cm³/mol. The van der Waals surface area contributed by atoms with Crippen molar-refractivity contribution in [3.63, 3.8) is 0 Å². The molecule has 27 heavy (non-hydrogen) atoms. The van der Waals surface area contributed by atoms with Crippen molar-refractivity contribution >= 4 is 46.6 Å². The fourth-order valence-corrected chi connectivity index (χ4v) is 3.38. The van der Waals surface area contributed by atoms with Crippen LogP contribution in [0, 0.1) is 0 Å². The van der Waals surface area contributed by atoms with Crippen molar-refractivity contribution in [1.29, 1.82) is 0 Å². The Morgan fingerprint density at radius 1 is 1.11 bits per heavy atom. The van der Waals surface area contributed by atoms with Gasteiger partial charge < -0.3 is 16.8 Å². The fourth-order valence-electron chi connectivity index (χ4n) is 2.87. The summed E-state index contributed by atoms with van der Waals surface area (Å²) in [6.07, 6.45) is 2.55. The predicted octanol–water partition coefficient (Wildman–Crippen LogP) is 1.41. The van der Waals surface area contributed by atoms with E-state index in [1.165, 1.54) is 12.1 Å². The zero-order chi connectivity index (χ0) is 18.0. The molecule has 1 aromatic carbocycles. The molecule has 7 N–H and O–H groups in total. The minimum atomic E-state index is -3.66. The van der Waals surface area contributed by atoms with Crippen LogP contribution in [-0.4, -0.2) is 31.0 Å². The van der Waals surface area contributed by atoms with Gasteiger partial charge >= 0.3 is 0 Å². The summed E-state index contributed by atoms with van der Waals surface area (Å²) in [5.74, 6) is 1.29. The van der Waals surface area contributed by atoms with Crippen LogP contribution in [0.15, 0.2) is 35.2 Å². The second-order valence-corrected chi connectivity index (χ2v) is 7.89. The van der Waals surface area contributed by atoms with Crippen molar-refractivity contribution in [1.82, 2.24) is 9.97 Å². The van der Waals surface area contributed by atoms with Crippen LogP contribution in [0.5, 0.6) is 0 Å². The van der Waals surface area contributed by atoms with Gasteiger partial charge in [0.15, 0.2) is 0 Å². The SMILES string of the molecule is Cl.Cl.Nc1nc(NCCc2ccc(S(N)(=O)=O)cc2)cc(C2CC(N)C2)n1. The maximum Gasteiger partial charge on any atom is 0.238 e. The Morgan fingerprint density at radius 3 is 2.30 bits per heavy atom. The van der Waals surface area contributed by atoms with Crippen molar-refractivity contribution in [3.05, 3.63) is 41.6 Å². The first-order valence-corrected chi connectivity index (χ1v) is 9.61. The van der Waals surface area contributed by atoms with Gasteiger partial charge in [0, 0.05) is 24.6 Å². The molecule has 8 nitrogen and oxygen atoms in total. The second-order valence-electron chi connectivity index (χ2n) is 6.33. The molecular formula is C16H24Cl2N6O2S. The van der Waals surface area contributed by atoms with Crippen molar-refractivity contribution in [2.45, 2.75) is 36.1 Å². The maximum atomic E-state index is 11.2. The van der Waals surface area contributed by atoms with Gasteiger partial charge in [-0.3, -0.25) is 0 Å². The summed E-state index contributed by atoms with van der Waals surface area (Å²) < 4.78 is 22.5. The number of rotatable bonds is 6. The lowest BCUT2D eigenvalue weighted by Gasteiger charge is -2.32. The lowest BCUT2D eigenvalue weighted by Crippen LogP contribution is -2.35. The Morgan fingerprint density at radius 2 is 1.74 bits per heavy atom. The highest BCUT2D eigenvalue weighted by atomic mass is 35.5. The fraction of sp³-hybridized carbons (Fsp3) is 0.375. The zero-order valence-corrected chi connectivity index (χ0v) is 17.0. The summed E-state index contributed by atoms with van der Waals surface area (Å²) in [5, 5.41) is 8.31. The summed E-state index contributed by atoms with van der Waals surface area (Å²) in [6.45, 7) is 0.634. The van der Waals surface area contributed by atoms with E-state index >= 15 is 0 Å². The molecule has 0 aliphatic heterocycles. The molecule has 0 amide bonds. The minimum Gasteiger partial charge on any atom is -0.370 e. The smallest absolute Gasteiger partial charge is 0.238 e. The van der Waals surface area contributed by atoms with Gasteiger partial charge in [-0.2, -0.15) is 4.98 Å². The number of nitrogens with zero attached hydrogens (tertiary/aromatic N) is 2. The number of hydrogen-bond acceptors (Lipinski definition) is 7. The zero-order valence-electron chi connectivity index (χ0n) is 14.5. The van der Waals surface area contributed by atoms with Crippen molar-refractivity contribution in [2.24, 2.45) is 10.9 Å². The molecule has 150 valence electrons. The molecule has 11 heteroatoms. The topological polar surface area (TPSA) is 150 Å². The Balaban J connectivity index is 0.00000182. The molecule has 1 fully saturated rings. The molecule has 0 radical (unpaired) electrons. The molecular weight excluding hydrogens is 411 g/mol. The number of anilines is 2. The van der Waals surface area contributed by atoms with E-state index in [0.717, 1.165) is 24.1 Å². The normalized spacial score (nSPS) is 18.6. The first-order chi connectivity index (χ1) is 11.8. The lowest BCUT2D eigenvalue weighted by molar-refractivity contribution is 0.345. The van der Waals surface area contributed by atoms with Gasteiger partial charge in [0.05, 0.1) is 10.6 Å². The van der Waals surface area contributed by atoms with Crippen LogP contribution in [0.25, 0.3) is 0 Å². The molecule has 0 saturated heterocycles. The van der Waals surface area contributed by atoms with Gasteiger partial charge in [-0.25, -0.2) is 18.5 Å². The quantitative estimate of drug-likeness (QED) is 0.536. The van der Waals surface area contributed by atoms with E-state index in [9.17, 15) is 8.42 Å². The molecule has 0 spiro atoms. The molecule has 3 rings (SSSR count). The summed E-state index contributed by atoms with van der Waals surface area (Å²) in [5.41, 5.74) is 13.5. The summed E-state index contributed by atoms with van der Waals surface area (Å²) in [4.78, 5) is 8.60. The molecule has 1 aliphatic carbocycles. The third-order valence-electron chi connectivity index (χ3n) is 4.33. The average molecular weight is 435 g/mol. The summed E-state index contributed by atoms with van der Waals surface area (Å²) in [6, 6.07) is 8.67. The molecule has 0 atom stereocenters. The highest BCUT2D eigenvalue weighted by Crippen LogP contribution is 2.35. The van der Waals surface area contributed by atoms with Gasteiger partial charge in [-0.15, -0.1) is 24.8 Å². The summed E-state index contributed by atoms with van der Waals surface area (Å²) in [7, 11) is -3.66. The molecule has 0 bridgehead atoms. The lowest BCUT2D eigenvalue weighted by atomic mass is 9.78. The standard InChI is InChI=1S/C16H22N6O2S.2ClH/c17-12-7-11(8-12)14-9-15(22-16(18)21-14)20-6-5-10-1-3-13(4-2-10)25(19,23)24;;/h1-4,9,11-12H,5-8,17H2,(H2,19,23,24)(H3,18,20,21,22);2*1H. The van der Waals surface area contributed by atoms with Crippen LogP contribution in [0.2, 0.25) is 0 Å². The average Bonchev–Trinajstić information content (AvgIpc) is 2.51. The first-order valence-electron chi connectivity index (χ1n) is 8.07. The maximum absolute atomic E-state index is 11.2. The number of hydrogen-bond donors (Lipinski definition) is 4. The van der Waals surface area contributed by atoms with Crippen molar-refractivity contribution in [2.75, 3.05) is 17.6 Å². The first kappa shape index (κ1) is 23.4. The van der Waals surface area contributed by atoms with E-state index in [2.05, 4.69) is 15.3 Å². The molecule has 1 saturated carbocycles. The number of primary sulfonamides is 1. The number of nitrogens with two attached hydrogens (primary N) is 3. The van der Waals surface area contributed by atoms with Gasteiger partial charge in [0.1, 0.15) is 5.82 Å². The van der Waals surface area contributed by atoms with E-state index in [-0.39, 0.29) is 41.7 Å². The van der Waals surface area contributed by atoms with Crippen LogP contribution >= 0.6 is 24.8 Å². The summed E-state index contributed by atoms with van der Waals surface area (Å²) >= 11 is 0. The largest absolute Gasteiger partial charge is 0.370 e. The molecule has 1 aromatic heterocycles. The van der Waals surface area contributed by atoms with Crippen LogP contribution < -0.4 is 21.9 Å². The number of benzene rings is 1. The van der Waals surface area contributed by atoms with Crippen molar-refractivity contribution < 1.29 is 8.42 Å². The van der Waals surface area contributed by atoms with E-state index in [4.69, 9.17) is 16.6 Å². The van der Waals surface area contributed by atoms with Gasteiger partial charge in [0.2, 0.25) is 16.0 Å². The van der Waals surface area contributed by atoms with Crippen LogP contribution in [0.4, 0.5) is 11.8 Å².